The van der Waals surface area contributed by atoms with E-state index in [1.165, 1.54) is 22.3 Å². The van der Waals surface area contributed by atoms with Gasteiger partial charge in [0.2, 0.25) is 0 Å². The molecule has 0 bridgehead atoms. The Labute approximate surface area is 318 Å². The van der Waals surface area contributed by atoms with Gasteiger partial charge >= 0.3 is 0 Å². The van der Waals surface area contributed by atoms with Crippen molar-refractivity contribution in [2.45, 2.75) is 73.7 Å². The predicted molar refractivity (Wildman–Crippen MR) is 222 cm³/mol. The van der Waals surface area contributed by atoms with Crippen molar-refractivity contribution >= 4 is 0 Å². The minimum absolute atomic E-state index is 0.341. The first-order valence-corrected chi connectivity index (χ1v) is 18.7. The highest BCUT2D eigenvalue weighted by molar-refractivity contribution is 5.63. The maximum atomic E-state index is 8.80. The molecule has 2 heterocycles. The van der Waals surface area contributed by atoms with Gasteiger partial charge in [-0.1, -0.05) is 177 Å². The van der Waals surface area contributed by atoms with Gasteiger partial charge in [-0.15, -0.1) is 0 Å². The molecule has 2 saturated heterocycles. The second-order valence-electron chi connectivity index (χ2n) is 9.85. The van der Waals surface area contributed by atoms with Gasteiger partial charge in [0.05, 0.1) is 39.6 Å². The summed E-state index contributed by atoms with van der Waals surface area (Å²) in [6.07, 6.45) is 0.370. The number of methoxy groups -OCH3 is 4. The van der Waals surface area contributed by atoms with E-state index >= 15 is 0 Å². The van der Waals surface area contributed by atoms with E-state index in [-0.39, 0.29) is 0 Å². The number of epoxide rings is 2. The van der Waals surface area contributed by atoms with Gasteiger partial charge in [0.15, 0.2) is 0 Å². The first-order chi connectivity index (χ1) is 25.6. The summed E-state index contributed by atoms with van der Waals surface area (Å²) in [5.41, 5.74) is 5.10. The highest BCUT2D eigenvalue weighted by atomic mass is 16.6. The molecule has 6 rings (SSSR count). The maximum Gasteiger partial charge on any atom is 0.104 e. The molecule has 7 nitrogen and oxygen atoms in total. The highest BCUT2D eigenvalue weighted by Crippen LogP contribution is 2.18. The van der Waals surface area contributed by atoms with Crippen LogP contribution in [0.5, 0.6) is 0 Å². The van der Waals surface area contributed by atoms with Crippen LogP contribution < -0.4 is 0 Å². The van der Waals surface area contributed by atoms with Crippen molar-refractivity contribution in [3.8, 4) is 22.3 Å². The summed E-state index contributed by atoms with van der Waals surface area (Å²) in [5.74, 6) is 0. The topological polar surface area (TPSA) is 82.2 Å². The molecular formula is C45H72O7. The fraction of sp³-hybridized carbons (Fsp3) is 0.467. The zero-order valence-corrected chi connectivity index (χ0v) is 34.4. The monoisotopic (exact) mass is 725 g/mol. The number of aliphatic hydroxyl groups is 1. The van der Waals surface area contributed by atoms with E-state index in [0.717, 1.165) is 26.4 Å². The quantitative estimate of drug-likeness (QED) is 0.163. The van der Waals surface area contributed by atoms with Crippen molar-refractivity contribution in [3.63, 3.8) is 0 Å². The summed E-state index contributed by atoms with van der Waals surface area (Å²) in [7, 11) is 6.45. The van der Waals surface area contributed by atoms with Crippen LogP contribution in [0.3, 0.4) is 0 Å². The SMILES string of the molecule is CC.CC.CC.CC.COCC(O)COC.COCC1CO1.COCC1CO1.c1ccc(-c2ccccc2)cc1.c1ccc(-c2ccccc2)cc1. The summed E-state index contributed by atoms with van der Waals surface area (Å²) < 4.78 is 28.4. The fourth-order valence-electron chi connectivity index (χ4n) is 3.66. The van der Waals surface area contributed by atoms with Crippen LogP contribution >= 0.6 is 0 Å². The van der Waals surface area contributed by atoms with Gasteiger partial charge in [0.25, 0.3) is 0 Å². The maximum absolute atomic E-state index is 8.80. The molecule has 2 fully saturated rings. The standard InChI is InChI=1S/2C12H10.C5H12O3.2C4H8O2.4C2H6/c2*1-3-7-11(8-4-1)12-9-5-2-6-10-12;1-7-3-5(6)4-8-2;2*1-5-2-4-3-6-4;4*1-2/h2*1-10H;5-6H,3-4H2,1-2H3;2*4H,2-3H2,1H3;4*1-2H3. The van der Waals surface area contributed by atoms with Gasteiger partial charge in [-0.2, -0.15) is 0 Å². The minimum Gasteiger partial charge on any atom is -0.388 e. The predicted octanol–water partition coefficient (Wildman–Crippen LogP) is 10.5. The zero-order valence-electron chi connectivity index (χ0n) is 34.4. The first-order valence-electron chi connectivity index (χ1n) is 18.7. The summed E-state index contributed by atoms with van der Waals surface area (Å²) in [6.45, 7) is 20.0. The van der Waals surface area contributed by atoms with Crippen LogP contribution in [0, 0.1) is 0 Å². The lowest BCUT2D eigenvalue weighted by molar-refractivity contribution is 0.00980. The molecule has 0 aliphatic carbocycles. The molecule has 0 spiro atoms. The molecule has 0 aromatic heterocycles. The molecule has 294 valence electrons. The molecule has 4 aromatic carbocycles. The van der Waals surface area contributed by atoms with Gasteiger partial charge in [0, 0.05) is 28.4 Å². The summed E-state index contributed by atoms with van der Waals surface area (Å²) in [6, 6.07) is 41.6. The molecule has 0 radical (unpaired) electrons. The second kappa shape index (κ2) is 42.0. The summed E-state index contributed by atoms with van der Waals surface area (Å²) in [4.78, 5) is 0. The van der Waals surface area contributed by atoms with E-state index in [1.807, 2.05) is 79.7 Å². The molecule has 52 heavy (non-hydrogen) atoms. The third kappa shape index (κ3) is 32.5. The molecule has 2 atom stereocenters. The minimum atomic E-state index is -0.481. The van der Waals surface area contributed by atoms with Crippen LogP contribution in [0.4, 0.5) is 0 Å². The van der Waals surface area contributed by atoms with E-state index in [4.69, 9.17) is 24.1 Å². The number of benzene rings is 4. The average molecular weight is 725 g/mol. The van der Waals surface area contributed by atoms with Crippen LogP contribution in [0.15, 0.2) is 121 Å². The molecular weight excluding hydrogens is 652 g/mol. The highest BCUT2D eigenvalue weighted by Gasteiger charge is 2.21. The summed E-state index contributed by atoms with van der Waals surface area (Å²) in [5, 5.41) is 8.80. The molecule has 2 aliphatic rings. The van der Waals surface area contributed by atoms with Crippen LogP contribution in [0.1, 0.15) is 55.4 Å². The third-order valence-electron chi connectivity index (χ3n) is 5.99. The van der Waals surface area contributed by atoms with E-state index in [9.17, 15) is 0 Å². The Morgan fingerprint density at radius 3 is 0.788 bits per heavy atom. The van der Waals surface area contributed by atoms with Crippen LogP contribution in [-0.4, -0.2) is 91.5 Å². The molecule has 2 unspecified atom stereocenters. The van der Waals surface area contributed by atoms with Crippen molar-refractivity contribution < 1.29 is 33.5 Å². The van der Waals surface area contributed by atoms with E-state index in [2.05, 4.69) is 107 Å². The Balaban J connectivity index is -0.000000563. The van der Waals surface area contributed by atoms with Crippen molar-refractivity contribution in [1.82, 2.24) is 0 Å². The van der Waals surface area contributed by atoms with Gasteiger partial charge < -0.3 is 33.5 Å². The average Bonchev–Trinajstić information content (AvgIpc) is 4.19. The molecule has 4 aromatic rings. The van der Waals surface area contributed by atoms with E-state index < -0.39 is 6.10 Å². The first kappa shape index (κ1) is 53.0. The lowest BCUT2D eigenvalue weighted by Gasteiger charge is -2.05. The fourth-order valence-corrected chi connectivity index (χ4v) is 3.66. The molecule has 0 amide bonds. The molecule has 1 N–H and O–H groups in total. The Kier molecular flexibility index (Phi) is 42.8. The molecule has 0 saturated carbocycles. The number of ether oxygens (including phenoxy) is 6. The molecule has 7 heteroatoms. The Morgan fingerprint density at radius 1 is 0.442 bits per heavy atom. The molecule has 2 aliphatic heterocycles. The Hall–Kier alpha value is -3.40. The van der Waals surface area contributed by atoms with Crippen LogP contribution in [0.25, 0.3) is 22.3 Å². The number of hydrogen-bond donors (Lipinski definition) is 1. The lowest BCUT2D eigenvalue weighted by Crippen LogP contribution is -2.19. The van der Waals surface area contributed by atoms with Gasteiger partial charge in [-0.25, -0.2) is 0 Å². The number of rotatable bonds is 10. The van der Waals surface area contributed by atoms with Crippen molar-refractivity contribution in [1.29, 1.82) is 0 Å². The van der Waals surface area contributed by atoms with Gasteiger partial charge in [-0.3, -0.25) is 0 Å². The van der Waals surface area contributed by atoms with Crippen molar-refractivity contribution in [2.75, 3.05) is 68.1 Å². The lowest BCUT2D eigenvalue weighted by atomic mass is 10.1. The van der Waals surface area contributed by atoms with E-state index in [0.29, 0.717) is 25.4 Å². The van der Waals surface area contributed by atoms with E-state index in [1.54, 1.807) is 28.4 Å². The van der Waals surface area contributed by atoms with Gasteiger partial charge in [0.1, 0.15) is 18.3 Å². The normalized spacial score (nSPS) is 13.6. The van der Waals surface area contributed by atoms with Gasteiger partial charge in [-0.05, 0) is 22.3 Å². The van der Waals surface area contributed by atoms with Crippen molar-refractivity contribution in [2.24, 2.45) is 0 Å². The third-order valence-corrected chi connectivity index (χ3v) is 5.99. The largest absolute Gasteiger partial charge is 0.388 e. The number of hydrogen-bond acceptors (Lipinski definition) is 7. The van der Waals surface area contributed by atoms with Crippen LogP contribution in [0.2, 0.25) is 0 Å². The zero-order chi connectivity index (χ0) is 39.7. The Bertz CT molecular complexity index is 1000. The van der Waals surface area contributed by atoms with Crippen LogP contribution in [-0.2, 0) is 28.4 Å². The Morgan fingerprint density at radius 2 is 0.654 bits per heavy atom. The smallest absolute Gasteiger partial charge is 0.104 e. The second-order valence-corrected chi connectivity index (χ2v) is 9.85. The number of aliphatic hydroxyl groups excluding tert-OH is 1. The van der Waals surface area contributed by atoms with Crippen molar-refractivity contribution in [3.05, 3.63) is 121 Å². The summed E-state index contributed by atoms with van der Waals surface area (Å²) >= 11 is 0.